The highest BCUT2D eigenvalue weighted by molar-refractivity contribution is 5.84. The number of nitro benzene ring substituents is 1. The van der Waals surface area contributed by atoms with E-state index in [1.54, 1.807) is 50.8 Å². The van der Waals surface area contributed by atoms with Gasteiger partial charge in [0.25, 0.3) is 5.69 Å². The van der Waals surface area contributed by atoms with Crippen molar-refractivity contribution in [1.29, 1.82) is 0 Å². The average Bonchev–Trinajstić information content (AvgIpc) is 2.55. The predicted molar refractivity (Wildman–Crippen MR) is 83.9 cm³/mol. The molecule has 2 aromatic carbocycles. The number of nitro groups is 1. The highest BCUT2D eigenvalue weighted by Crippen LogP contribution is 2.22. The van der Waals surface area contributed by atoms with Crippen LogP contribution >= 0.6 is 0 Å². The molecule has 0 bridgehead atoms. The van der Waals surface area contributed by atoms with E-state index in [0.717, 1.165) is 5.56 Å². The number of anilines is 1. The van der Waals surface area contributed by atoms with Crippen LogP contribution < -0.4 is 14.9 Å². The summed E-state index contributed by atoms with van der Waals surface area (Å²) >= 11 is 0. The number of hydrazone groups is 1. The van der Waals surface area contributed by atoms with E-state index < -0.39 is 4.92 Å². The number of methoxy groups -OCH3 is 2. The minimum Gasteiger partial charge on any atom is -0.497 e. The van der Waals surface area contributed by atoms with Gasteiger partial charge in [0.1, 0.15) is 11.5 Å². The second kappa shape index (κ2) is 7.07. The van der Waals surface area contributed by atoms with Crippen molar-refractivity contribution in [3.8, 4) is 11.5 Å². The van der Waals surface area contributed by atoms with Crippen molar-refractivity contribution in [3.05, 3.63) is 58.1 Å². The first-order chi connectivity index (χ1) is 10.6. The molecule has 0 aliphatic carbocycles. The van der Waals surface area contributed by atoms with Crippen LogP contribution in [0.2, 0.25) is 0 Å². The molecule has 0 amide bonds. The van der Waals surface area contributed by atoms with Crippen LogP contribution in [0, 0.1) is 10.1 Å². The third-order valence-corrected chi connectivity index (χ3v) is 2.91. The largest absolute Gasteiger partial charge is 0.497 e. The zero-order valence-electron chi connectivity index (χ0n) is 12.1. The smallest absolute Gasteiger partial charge is 0.269 e. The van der Waals surface area contributed by atoms with Gasteiger partial charge in [0.05, 0.1) is 31.0 Å². The molecular formula is C15H15N3O4. The highest BCUT2D eigenvalue weighted by Gasteiger charge is 2.04. The van der Waals surface area contributed by atoms with E-state index in [1.807, 2.05) is 0 Å². The van der Waals surface area contributed by atoms with E-state index in [-0.39, 0.29) is 5.69 Å². The molecule has 0 heterocycles. The van der Waals surface area contributed by atoms with Crippen molar-refractivity contribution < 1.29 is 14.4 Å². The van der Waals surface area contributed by atoms with Crippen LogP contribution in [0.3, 0.4) is 0 Å². The molecule has 0 aliphatic rings. The van der Waals surface area contributed by atoms with Gasteiger partial charge in [-0.2, -0.15) is 5.10 Å². The highest BCUT2D eigenvalue weighted by atomic mass is 16.6. The summed E-state index contributed by atoms with van der Waals surface area (Å²) in [6.07, 6.45) is 1.59. The van der Waals surface area contributed by atoms with Crippen LogP contribution in [-0.4, -0.2) is 25.4 Å². The topological polar surface area (TPSA) is 86.0 Å². The summed E-state index contributed by atoms with van der Waals surface area (Å²) < 4.78 is 10.4. The Morgan fingerprint density at radius 2 is 1.86 bits per heavy atom. The summed E-state index contributed by atoms with van der Waals surface area (Å²) in [5.41, 5.74) is 4.22. The molecule has 7 nitrogen and oxygen atoms in total. The van der Waals surface area contributed by atoms with Crippen LogP contribution in [0.1, 0.15) is 5.56 Å². The number of non-ortho nitro benzene ring substituents is 1. The number of hydrogen-bond acceptors (Lipinski definition) is 6. The SMILES string of the molecule is COc1ccc(OC)c(C=NNc2ccc([N+](=O)[O-])cc2)c1. The lowest BCUT2D eigenvalue weighted by Gasteiger charge is -2.07. The molecule has 0 aromatic heterocycles. The lowest BCUT2D eigenvalue weighted by Crippen LogP contribution is -1.95. The Labute approximate surface area is 127 Å². The van der Waals surface area contributed by atoms with Gasteiger partial charge in [-0.05, 0) is 30.3 Å². The summed E-state index contributed by atoms with van der Waals surface area (Å²) in [6.45, 7) is 0. The zero-order chi connectivity index (χ0) is 15.9. The maximum absolute atomic E-state index is 10.6. The van der Waals surface area contributed by atoms with Crippen LogP contribution in [0.25, 0.3) is 0 Å². The molecule has 2 rings (SSSR count). The molecule has 114 valence electrons. The van der Waals surface area contributed by atoms with Gasteiger partial charge in [0.15, 0.2) is 0 Å². The lowest BCUT2D eigenvalue weighted by atomic mass is 10.2. The summed E-state index contributed by atoms with van der Waals surface area (Å²) in [7, 11) is 3.15. The molecular weight excluding hydrogens is 286 g/mol. The predicted octanol–water partition coefficient (Wildman–Crippen LogP) is 3.06. The molecule has 0 fully saturated rings. The molecule has 0 spiro atoms. The second-order valence-electron chi connectivity index (χ2n) is 4.28. The Kier molecular flexibility index (Phi) is 4.92. The van der Waals surface area contributed by atoms with Crippen molar-refractivity contribution >= 4 is 17.6 Å². The van der Waals surface area contributed by atoms with Crippen LogP contribution in [0.15, 0.2) is 47.6 Å². The quantitative estimate of drug-likeness (QED) is 0.503. The monoisotopic (exact) mass is 301 g/mol. The molecule has 2 aromatic rings. The fourth-order valence-corrected chi connectivity index (χ4v) is 1.77. The van der Waals surface area contributed by atoms with Gasteiger partial charge in [-0.15, -0.1) is 0 Å². The van der Waals surface area contributed by atoms with Gasteiger partial charge < -0.3 is 9.47 Å². The maximum atomic E-state index is 10.6. The van der Waals surface area contributed by atoms with E-state index in [0.29, 0.717) is 17.2 Å². The standard InChI is InChI=1S/C15H15N3O4/c1-21-14-7-8-15(22-2)11(9-14)10-16-17-12-3-5-13(6-4-12)18(19)20/h3-10,17H,1-2H3. The Morgan fingerprint density at radius 1 is 1.14 bits per heavy atom. The van der Waals surface area contributed by atoms with Crippen LogP contribution in [-0.2, 0) is 0 Å². The maximum Gasteiger partial charge on any atom is 0.269 e. The van der Waals surface area contributed by atoms with Crippen molar-refractivity contribution in [3.63, 3.8) is 0 Å². The molecule has 0 aliphatic heterocycles. The number of rotatable bonds is 6. The first-order valence-corrected chi connectivity index (χ1v) is 6.39. The lowest BCUT2D eigenvalue weighted by molar-refractivity contribution is -0.384. The third-order valence-electron chi connectivity index (χ3n) is 2.91. The van der Waals surface area contributed by atoms with Crippen molar-refractivity contribution in [2.45, 2.75) is 0 Å². The van der Waals surface area contributed by atoms with E-state index in [1.165, 1.54) is 12.1 Å². The fourth-order valence-electron chi connectivity index (χ4n) is 1.77. The molecule has 0 atom stereocenters. The summed E-state index contributed by atoms with van der Waals surface area (Å²) in [6, 6.07) is 11.3. The summed E-state index contributed by atoms with van der Waals surface area (Å²) in [4.78, 5) is 10.1. The summed E-state index contributed by atoms with van der Waals surface area (Å²) in [5.74, 6) is 1.35. The summed E-state index contributed by atoms with van der Waals surface area (Å²) in [5, 5.41) is 14.7. The van der Waals surface area contributed by atoms with Crippen molar-refractivity contribution in [1.82, 2.24) is 0 Å². The van der Waals surface area contributed by atoms with Gasteiger partial charge in [-0.3, -0.25) is 15.5 Å². The van der Waals surface area contributed by atoms with Crippen molar-refractivity contribution in [2.24, 2.45) is 5.10 Å². The first kappa shape index (κ1) is 15.3. The van der Waals surface area contributed by atoms with E-state index in [2.05, 4.69) is 10.5 Å². The molecule has 22 heavy (non-hydrogen) atoms. The minimum atomic E-state index is -0.450. The van der Waals surface area contributed by atoms with E-state index in [9.17, 15) is 10.1 Å². The molecule has 0 saturated heterocycles. The number of benzene rings is 2. The minimum absolute atomic E-state index is 0.0315. The fraction of sp³-hybridized carbons (Fsp3) is 0.133. The molecule has 0 unspecified atom stereocenters. The number of hydrogen-bond donors (Lipinski definition) is 1. The van der Waals surface area contributed by atoms with Gasteiger partial charge in [-0.25, -0.2) is 0 Å². The third kappa shape index (κ3) is 3.72. The van der Waals surface area contributed by atoms with Crippen molar-refractivity contribution in [2.75, 3.05) is 19.6 Å². The number of ether oxygens (including phenoxy) is 2. The number of nitrogens with one attached hydrogen (secondary N) is 1. The Bertz CT molecular complexity index is 684. The Hall–Kier alpha value is -3.09. The molecule has 0 radical (unpaired) electrons. The van der Waals surface area contributed by atoms with Crippen LogP contribution in [0.5, 0.6) is 11.5 Å². The van der Waals surface area contributed by atoms with Gasteiger partial charge >= 0.3 is 0 Å². The Morgan fingerprint density at radius 3 is 2.45 bits per heavy atom. The van der Waals surface area contributed by atoms with Crippen LogP contribution in [0.4, 0.5) is 11.4 Å². The first-order valence-electron chi connectivity index (χ1n) is 6.39. The zero-order valence-corrected chi connectivity index (χ0v) is 12.1. The molecule has 0 saturated carbocycles. The van der Waals surface area contributed by atoms with Gasteiger partial charge in [0, 0.05) is 17.7 Å². The molecule has 1 N–H and O–H groups in total. The van der Waals surface area contributed by atoms with E-state index >= 15 is 0 Å². The van der Waals surface area contributed by atoms with Gasteiger partial charge in [0.2, 0.25) is 0 Å². The van der Waals surface area contributed by atoms with Gasteiger partial charge in [-0.1, -0.05) is 0 Å². The Balaban J connectivity index is 2.10. The molecule has 7 heteroatoms. The second-order valence-corrected chi connectivity index (χ2v) is 4.28. The average molecular weight is 301 g/mol. The van der Waals surface area contributed by atoms with E-state index in [4.69, 9.17) is 9.47 Å². The number of nitrogens with zero attached hydrogens (tertiary/aromatic N) is 2. The normalized spacial score (nSPS) is 10.5.